The van der Waals surface area contributed by atoms with Crippen molar-refractivity contribution >= 4 is 12.3 Å². The van der Waals surface area contributed by atoms with Crippen LogP contribution in [-0.4, -0.2) is 127 Å². The minimum absolute atomic E-state index is 0.0258. The molecule has 0 aromatic heterocycles. The van der Waals surface area contributed by atoms with Crippen LogP contribution in [0.3, 0.4) is 0 Å². The van der Waals surface area contributed by atoms with Gasteiger partial charge in [-0.2, -0.15) is 0 Å². The van der Waals surface area contributed by atoms with Gasteiger partial charge >= 0.3 is 5.97 Å². The summed E-state index contributed by atoms with van der Waals surface area (Å²) in [5, 5.41) is 78.8. The van der Waals surface area contributed by atoms with E-state index in [1.54, 1.807) is 6.92 Å². The molecule has 0 spiro atoms. The topological polar surface area (TPSA) is 235 Å². The van der Waals surface area contributed by atoms with Gasteiger partial charge in [-0.1, -0.05) is 0 Å². The highest BCUT2D eigenvalue weighted by Gasteiger charge is 2.36. The first-order chi connectivity index (χ1) is 12.9. The van der Waals surface area contributed by atoms with Crippen molar-refractivity contribution in [3.05, 3.63) is 0 Å². The number of carbonyl (C=O) groups is 2. The number of hydrogen-bond acceptors (Lipinski definition) is 13. The maximum absolute atomic E-state index is 9.90. The summed E-state index contributed by atoms with van der Waals surface area (Å²) in [6, 6.07) is 0. The van der Waals surface area contributed by atoms with Crippen LogP contribution in [-0.2, 0) is 19.1 Å². The van der Waals surface area contributed by atoms with Crippen molar-refractivity contribution in [1.82, 2.24) is 0 Å². The van der Waals surface area contributed by atoms with Crippen molar-refractivity contribution in [2.24, 2.45) is 0 Å². The van der Waals surface area contributed by atoms with Gasteiger partial charge in [0.05, 0.1) is 19.8 Å². The van der Waals surface area contributed by atoms with Crippen LogP contribution in [0.5, 0.6) is 0 Å². The van der Waals surface area contributed by atoms with Gasteiger partial charge in [0.25, 0.3) is 0 Å². The van der Waals surface area contributed by atoms with Gasteiger partial charge in [0.1, 0.15) is 42.7 Å². The zero-order valence-electron chi connectivity index (χ0n) is 15.5. The summed E-state index contributed by atoms with van der Waals surface area (Å²) < 4.78 is 8.87. The molecule has 28 heavy (non-hydrogen) atoms. The van der Waals surface area contributed by atoms with Crippen molar-refractivity contribution in [2.45, 2.75) is 62.9 Å². The second-order valence-corrected chi connectivity index (χ2v) is 5.55. The van der Waals surface area contributed by atoms with Gasteiger partial charge < -0.3 is 60.2 Å². The van der Waals surface area contributed by atoms with E-state index >= 15 is 0 Å². The predicted octanol–water partition coefficient (Wildman–Crippen LogP) is -5.39. The number of ether oxygens (including phenoxy) is 2. The molecular weight excluding hydrogens is 388 g/mol. The van der Waals surface area contributed by atoms with Crippen LogP contribution in [0.15, 0.2) is 0 Å². The van der Waals surface area contributed by atoms with Gasteiger partial charge in [-0.05, 0) is 6.92 Å². The van der Waals surface area contributed by atoms with Gasteiger partial charge in [-0.25, -0.2) is 0 Å². The largest absolute Gasteiger partial charge is 0.466 e. The highest BCUT2D eigenvalue weighted by atomic mass is 16.6. The third-order valence-corrected chi connectivity index (χ3v) is 3.24. The predicted molar refractivity (Wildman–Crippen MR) is 89.5 cm³/mol. The summed E-state index contributed by atoms with van der Waals surface area (Å²) >= 11 is 0. The van der Waals surface area contributed by atoms with Crippen LogP contribution in [0.2, 0.25) is 0 Å². The Morgan fingerprint density at radius 3 is 1.96 bits per heavy atom. The van der Waals surface area contributed by atoms with E-state index in [2.05, 4.69) is 9.47 Å². The lowest BCUT2D eigenvalue weighted by Crippen LogP contribution is -2.52. The highest BCUT2D eigenvalue weighted by Crippen LogP contribution is 2.12. The number of aliphatic hydroxyl groups is 9. The Hall–Kier alpha value is -1.26. The molecule has 1 heterocycles. The molecule has 0 aromatic rings. The van der Waals surface area contributed by atoms with E-state index in [4.69, 9.17) is 46.0 Å². The quantitative estimate of drug-likeness (QED) is 0.145. The van der Waals surface area contributed by atoms with E-state index in [0.29, 0.717) is 6.61 Å². The Bertz CT molecular complexity index is 407. The second-order valence-electron chi connectivity index (χ2n) is 5.55. The van der Waals surface area contributed by atoms with Crippen molar-refractivity contribution in [2.75, 3.05) is 19.8 Å². The maximum Gasteiger partial charge on any atom is 0.302 e. The van der Waals surface area contributed by atoms with Crippen LogP contribution in [0.1, 0.15) is 13.8 Å². The lowest BCUT2D eigenvalue weighted by molar-refractivity contribution is -0.252. The van der Waals surface area contributed by atoms with Gasteiger partial charge in [0.15, 0.2) is 12.6 Å². The molecule has 1 aliphatic rings. The molecule has 0 bridgehead atoms. The average Bonchev–Trinajstić information content (AvgIpc) is 2.67. The van der Waals surface area contributed by atoms with Crippen LogP contribution in [0.25, 0.3) is 0 Å². The van der Waals surface area contributed by atoms with E-state index in [-0.39, 0.29) is 18.9 Å². The summed E-state index contributed by atoms with van der Waals surface area (Å²) in [5.74, 6) is -0.211. The van der Waals surface area contributed by atoms with Crippen LogP contribution in [0.4, 0.5) is 0 Å². The number of rotatable bonds is 6. The monoisotopic (exact) mass is 418 g/mol. The van der Waals surface area contributed by atoms with Gasteiger partial charge in [0.2, 0.25) is 0 Å². The molecule has 1 saturated heterocycles. The summed E-state index contributed by atoms with van der Waals surface area (Å²) in [7, 11) is 0. The first-order valence-electron chi connectivity index (χ1n) is 8.20. The molecule has 0 radical (unpaired) electrons. The molecule has 0 amide bonds. The number of aldehydes is 1. The summed E-state index contributed by atoms with van der Waals surface area (Å²) in [6.45, 7) is 2.74. The Kier molecular flexibility index (Phi) is 16.2. The molecule has 9 N–H and O–H groups in total. The fourth-order valence-corrected chi connectivity index (χ4v) is 1.61. The third kappa shape index (κ3) is 11.6. The minimum atomic E-state index is -1.79. The normalized spacial score (nSPS) is 28.2. The van der Waals surface area contributed by atoms with Crippen molar-refractivity contribution in [3.8, 4) is 0 Å². The Labute approximate surface area is 161 Å². The van der Waals surface area contributed by atoms with Crippen LogP contribution < -0.4 is 0 Å². The van der Waals surface area contributed by atoms with Crippen LogP contribution >= 0.6 is 0 Å². The van der Waals surface area contributed by atoms with E-state index in [9.17, 15) is 9.59 Å². The number of esters is 1. The lowest BCUT2D eigenvalue weighted by Gasteiger charge is -2.31. The smallest absolute Gasteiger partial charge is 0.302 e. The first kappa shape index (κ1) is 28.9. The lowest BCUT2D eigenvalue weighted by atomic mass is 10.0. The molecule has 8 atom stereocenters. The first-order valence-corrected chi connectivity index (χ1v) is 8.20. The highest BCUT2D eigenvalue weighted by molar-refractivity contribution is 5.65. The van der Waals surface area contributed by atoms with Gasteiger partial charge in [-0.15, -0.1) is 0 Å². The molecule has 13 heteroatoms. The van der Waals surface area contributed by atoms with Crippen molar-refractivity contribution in [3.63, 3.8) is 0 Å². The van der Waals surface area contributed by atoms with Gasteiger partial charge in [0, 0.05) is 6.92 Å². The maximum atomic E-state index is 9.90. The average molecular weight is 418 g/mol. The van der Waals surface area contributed by atoms with Crippen LogP contribution in [0, 0.1) is 0 Å². The van der Waals surface area contributed by atoms with E-state index in [1.165, 1.54) is 6.92 Å². The number of aliphatic hydroxyl groups excluding tert-OH is 9. The molecule has 1 rings (SSSR count). The molecular formula is C15H30O13. The van der Waals surface area contributed by atoms with Crippen molar-refractivity contribution < 1.29 is 65.0 Å². The molecule has 1 aliphatic heterocycles. The molecule has 0 aromatic carbocycles. The fourth-order valence-electron chi connectivity index (χ4n) is 1.61. The summed E-state index contributed by atoms with van der Waals surface area (Å²) in [4.78, 5) is 19.7. The Morgan fingerprint density at radius 1 is 1.11 bits per heavy atom. The molecule has 13 nitrogen and oxygen atoms in total. The molecule has 1 unspecified atom stereocenters. The Morgan fingerprint density at radius 2 is 1.64 bits per heavy atom. The van der Waals surface area contributed by atoms with E-state index in [0.717, 1.165) is 0 Å². The zero-order valence-corrected chi connectivity index (χ0v) is 15.5. The molecule has 0 aliphatic carbocycles. The summed E-state index contributed by atoms with van der Waals surface area (Å²) in [6.07, 6.45) is -12.1. The fraction of sp³-hybridized carbons (Fsp3) is 0.867. The molecule has 168 valence electrons. The molecule has 0 saturated carbocycles. The van der Waals surface area contributed by atoms with E-state index in [1.807, 2.05) is 0 Å². The standard InChI is InChI=1S/C6H12O6.C5H10O5.C4H8O2/c7-1-3(9)5(11)6(12)4(10)2-8;6-2-1-10-5(9)4(8)3(2)7;1-3-6-4(2)5/h1,3-6,8-12H,2H2;2-9H,1H2;3H2,1-2H3/t3-,4+,5+,6+;2-,3+,4-,5?;/m01./s1. The Balaban J connectivity index is 0. The van der Waals surface area contributed by atoms with Crippen molar-refractivity contribution in [1.29, 1.82) is 0 Å². The third-order valence-electron chi connectivity index (χ3n) is 3.24. The minimum Gasteiger partial charge on any atom is -0.466 e. The molecule has 1 fully saturated rings. The van der Waals surface area contributed by atoms with Gasteiger partial charge in [-0.3, -0.25) is 4.79 Å². The second kappa shape index (κ2) is 15.6. The SMILES string of the molecule is CCOC(C)=O.O=C[C@H](O)[C@@H](O)[C@H](O)[C@H](O)CO.OC1OC[C@@H](O)[C@H](O)[C@H]1O. The number of carbonyl (C=O) groups excluding carboxylic acids is 2. The zero-order chi connectivity index (χ0) is 22.4. The summed E-state index contributed by atoms with van der Waals surface area (Å²) in [5.41, 5.74) is 0. The van der Waals surface area contributed by atoms with E-state index < -0.39 is 55.6 Å². The number of hydrogen-bond donors (Lipinski definition) is 9.